The predicted molar refractivity (Wildman–Crippen MR) is 128 cm³/mol. The Morgan fingerprint density at radius 3 is 2.39 bits per heavy atom. The highest BCUT2D eigenvalue weighted by Gasteiger charge is 2.12. The lowest BCUT2D eigenvalue weighted by molar-refractivity contribution is -0.112. The van der Waals surface area contributed by atoms with Gasteiger partial charge in [0.15, 0.2) is 0 Å². The molecule has 1 amide bonds. The first-order valence-electron chi connectivity index (χ1n) is 10.1. The molecule has 0 fully saturated rings. The van der Waals surface area contributed by atoms with Gasteiger partial charge in [0, 0.05) is 10.7 Å². The van der Waals surface area contributed by atoms with Crippen LogP contribution in [0.2, 0.25) is 5.02 Å². The Balaban J connectivity index is 1.81. The number of nitrogens with zero attached hydrogens (tertiary/aromatic N) is 1. The zero-order chi connectivity index (χ0) is 22.5. The molecule has 3 aromatic carbocycles. The first-order valence-corrected chi connectivity index (χ1v) is 10.5. The number of halogens is 1. The maximum atomic E-state index is 12.6. The van der Waals surface area contributed by atoms with Crippen molar-refractivity contribution in [2.75, 3.05) is 5.32 Å². The van der Waals surface area contributed by atoms with Crippen molar-refractivity contribution >= 4 is 29.3 Å². The van der Waals surface area contributed by atoms with E-state index in [2.05, 4.69) is 37.4 Å². The molecular weight excluding hydrogens is 404 g/mol. The van der Waals surface area contributed by atoms with Crippen LogP contribution in [0.5, 0.6) is 0 Å². The lowest BCUT2D eigenvalue weighted by atomic mass is 9.99. The molecule has 0 aliphatic heterocycles. The number of rotatable bonds is 5. The highest BCUT2D eigenvalue weighted by atomic mass is 35.5. The van der Waals surface area contributed by atoms with Crippen LogP contribution in [0.4, 0.5) is 5.69 Å². The van der Waals surface area contributed by atoms with E-state index in [1.165, 1.54) is 16.7 Å². The van der Waals surface area contributed by atoms with Crippen LogP contribution in [0.1, 0.15) is 38.9 Å². The van der Waals surface area contributed by atoms with Crippen LogP contribution in [0.15, 0.2) is 60.2 Å². The number of hydrogen-bond donors (Lipinski definition) is 1. The first kappa shape index (κ1) is 22.3. The zero-order valence-electron chi connectivity index (χ0n) is 18.2. The number of aryl methyl sites for hydroxylation is 3. The van der Waals surface area contributed by atoms with E-state index in [9.17, 15) is 10.1 Å². The maximum Gasteiger partial charge on any atom is 0.266 e. The summed E-state index contributed by atoms with van der Waals surface area (Å²) in [5, 5.41) is 13.0. The summed E-state index contributed by atoms with van der Waals surface area (Å²) in [5.41, 5.74) is 8.14. The molecule has 0 unspecified atom stereocenters. The van der Waals surface area contributed by atoms with Crippen LogP contribution in [-0.2, 0) is 11.2 Å². The van der Waals surface area contributed by atoms with Gasteiger partial charge in [-0.25, -0.2) is 0 Å². The molecule has 0 spiro atoms. The normalized spacial score (nSPS) is 11.2. The van der Waals surface area contributed by atoms with Crippen molar-refractivity contribution in [2.24, 2.45) is 0 Å². The third kappa shape index (κ3) is 5.63. The Hall–Kier alpha value is -3.35. The topological polar surface area (TPSA) is 52.9 Å². The van der Waals surface area contributed by atoms with E-state index in [1.54, 1.807) is 12.1 Å². The molecule has 0 aliphatic rings. The summed E-state index contributed by atoms with van der Waals surface area (Å²) in [4.78, 5) is 12.6. The smallest absolute Gasteiger partial charge is 0.266 e. The number of carbonyl (C=O) groups excluding carboxylic acids is 1. The van der Waals surface area contributed by atoms with Crippen molar-refractivity contribution in [3.05, 3.63) is 104 Å². The lowest BCUT2D eigenvalue weighted by Gasteiger charge is -2.10. The molecule has 0 aliphatic carbocycles. The molecule has 4 heteroatoms. The summed E-state index contributed by atoms with van der Waals surface area (Å²) in [6.07, 6.45) is 2.29. The van der Waals surface area contributed by atoms with Crippen molar-refractivity contribution in [2.45, 2.75) is 34.1 Å². The van der Waals surface area contributed by atoms with E-state index in [0.29, 0.717) is 16.3 Å². The van der Waals surface area contributed by atoms with Gasteiger partial charge in [0.2, 0.25) is 0 Å². The van der Waals surface area contributed by atoms with E-state index in [1.807, 2.05) is 50.2 Å². The molecule has 3 nitrogen and oxygen atoms in total. The molecule has 0 heterocycles. The minimum atomic E-state index is -0.438. The number of nitrogens with one attached hydrogen (secondary N) is 1. The summed E-state index contributed by atoms with van der Waals surface area (Å²) < 4.78 is 0. The van der Waals surface area contributed by atoms with Crippen LogP contribution in [0.25, 0.3) is 6.08 Å². The van der Waals surface area contributed by atoms with Gasteiger partial charge >= 0.3 is 0 Å². The number of nitriles is 1. The highest BCUT2D eigenvalue weighted by Crippen LogP contribution is 2.24. The van der Waals surface area contributed by atoms with Crippen molar-refractivity contribution in [3.63, 3.8) is 0 Å². The molecule has 0 bridgehead atoms. The average Bonchev–Trinajstić information content (AvgIpc) is 2.70. The van der Waals surface area contributed by atoms with Gasteiger partial charge in [-0.3, -0.25) is 4.79 Å². The van der Waals surface area contributed by atoms with Gasteiger partial charge in [-0.2, -0.15) is 5.26 Å². The van der Waals surface area contributed by atoms with Crippen LogP contribution < -0.4 is 5.32 Å². The van der Waals surface area contributed by atoms with E-state index >= 15 is 0 Å². The number of carbonyl (C=O) groups is 1. The standard InChI is InChI=1S/C27H25ClN2O/c1-17-10-18(2)12-22(11-17)14-23-9-8-21(15-25(23)28)13-24(16-29)27(31)30-26-7-5-6-19(3)20(26)4/h5-13,15H,14H2,1-4H3,(H,30,31)/b24-13+. The van der Waals surface area contributed by atoms with Gasteiger partial charge < -0.3 is 5.32 Å². The van der Waals surface area contributed by atoms with Crippen molar-refractivity contribution in [1.29, 1.82) is 5.26 Å². The summed E-state index contributed by atoms with van der Waals surface area (Å²) in [7, 11) is 0. The van der Waals surface area contributed by atoms with Gasteiger partial charge in [-0.15, -0.1) is 0 Å². The SMILES string of the molecule is Cc1cc(C)cc(Cc2ccc(/C=C(\C#N)C(=O)Nc3cccc(C)c3C)cc2Cl)c1. The Kier molecular flexibility index (Phi) is 6.95. The van der Waals surface area contributed by atoms with Crippen LogP contribution in [0, 0.1) is 39.0 Å². The van der Waals surface area contributed by atoms with E-state index in [0.717, 1.165) is 23.1 Å². The van der Waals surface area contributed by atoms with Gasteiger partial charge in [-0.05, 0) is 80.1 Å². The number of amides is 1. The molecule has 0 saturated heterocycles. The van der Waals surface area contributed by atoms with Gasteiger partial charge in [-0.1, -0.05) is 65.2 Å². The quantitative estimate of drug-likeness (QED) is 0.362. The van der Waals surface area contributed by atoms with E-state index in [-0.39, 0.29) is 5.57 Å². The Morgan fingerprint density at radius 2 is 1.74 bits per heavy atom. The number of benzene rings is 3. The maximum absolute atomic E-state index is 12.6. The fourth-order valence-electron chi connectivity index (χ4n) is 3.58. The number of anilines is 1. The number of hydrogen-bond acceptors (Lipinski definition) is 2. The molecule has 3 aromatic rings. The second kappa shape index (κ2) is 9.64. The van der Waals surface area contributed by atoms with E-state index < -0.39 is 5.91 Å². The summed E-state index contributed by atoms with van der Waals surface area (Å²) in [6.45, 7) is 8.08. The second-order valence-electron chi connectivity index (χ2n) is 7.89. The lowest BCUT2D eigenvalue weighted by Crippen LogP contribution is -2.14. The van der Waals surface area contributed by atoms with Crippen LogP contribution in [-0.4, -0.2) is 5.91 Å². The predicted octanol–water partition coefficient (Wildman–Crippen LogP) is 6.71. The summed E-state index contributed by atoms with van der Waals surface area (Å²) >= 11 is 6.52. The fourth-order valence-corrected chi connectivity index (χ4v) is 3.83. The van der Waals surface area contributed by atoms with Crippen molar-refractivity contribution in [3.8, 4) is 6.07 Å². The Morgan fingerprint density at radius 1 is 1.03 bits per heavy atom. The summed E-state index contributed by atoms with van der Waals surface area (Å²) in [6, 6.07) is 19.8. The molecular formula is C27H25ClN2O. The van der Waals surface area contributed by atoms with E-state index in [4.69, 9.17) is 11.6 Å². The first-order chi connectivity index (χ1) is 14.8. The third-order valence-electron chi connectivity index (χ3n) is 5.28. The van der Waals surface area contributed by atoms with Crippen LogP contribution >= 0.6 is 11.6 Å². The minimum absolute atomic E-state index is 0.0269. The Bertz CT molecular complexity index is 1200. The Labute approximate surface area is 189 Å². The molecule has 0 aromatic heterocycles. The van der Waals surface area contributed by atoms with Crippen LogP contribution in [0.3, 0.4) is 0 Å². The molecule has 0 atom stereocenters. The van der Waals surface area contributed by atoms with Crippen molar-refractivity contribution in [1.82, 2.24) is 0 Å². The second-order valence-corrected chi connectivity index (χ2v) is 8.30. The van der Waals surface area contributed by atoms with Gasteiger partial charge in [0.25, 0.3) is 5.91 Å². The highest BCUT2D eigenvalue weighted by molar-refractivity contribution is 6.31. The third-order valence-corrected chi connectivity index (χ3v) is 5.63. The van der Waals surface area contributed by atoms with Crippen molar-refractivity contribution < 1.29 is 4.79 Å². The molecule has 0 saturated carbocycles. The molecule has 31 heavy (non-hydrogen) atoms. The summed E-state index contributed by atoms with van der Waals surface area (Å²) in [5.74, 6) is -0.438. The molecule has 3 rings (SSSR count). The van der Waals surface area contributed by atoms with Gasteiger partial charge in [0.1, 0.15) is 11.6 Å². The monoisotopic (exact) mass is 428 g/mol. The largest absolute Gasteiger partial charge is 0.321 e. The average molecular weight is 429 g/mol. The fraction of sp³-hybridized carbons (Fsp3) is 0.185. The molecule has 1 N–H and O–H groups in total. The van der Waals surface area contributed by atoms with Gasteiger partial charge in [0.05, 0.1) is 0 Å². The molecule has 0 radical (unpaired) electrons. The zero-order valence-corrected chi connectivity index (χ0v) is 19.0. The molecule has 156 valence electrons. The minimum Gasteiger partial charge on any atom is -0.321 e.